The van der Waals surface area contributed by atoms with Crippen LogP contribution in [0.15, 0.2) is 24.5 Å². The molecule has 0 radical (unpaired) electrons. The molecule has 15 heavy (non-hydrogen) atoms. The fourth-order valence-corrected chi connectivity index (χ4v) is 1.86. The molecule has 0 aliphatic heterocycles. The second-order valence-electron chi connectivity index (χ2n) is 4.29. The Morgan fingerprint density at radius 2 is 2.07 bits per heavy atom. The summed E-state index contributed by atoms with van der Waals surface area (Å²) < 4.78 is 1.80. The average Bonchev–Trinajstić information content (AvgIpc) is 2.74. The van der Waals surface area contributed by atoms with Gasteiger partial charge >= 0.3 is 0 Å². The molecule has 0 fully saturated rings. The summed E-state index contributed by atoms with van der Waals surface area (Å²) >= 11 is 0. The van der Waals surface area contributed by atoms with Gasteiger partial charge in [0.1, 0.15) is 0 Å². The highest BCUT2D eigenvalue weighted by atomic mass is 15.4. The quantitative estimate of drug-likeness (QED) is 0.767. The van der Waals surface area contributed by atoms with Gasteiger partial charge in [0.05, 0.1) is 11.7 Å². The number of hydrogen-bond acceptors (Lipinski definition) is 2. The molecule has 0 atom stereocenters. The van der Waals surface area contributed by atoms with Crippen LogP contribution in [0.1, 0.15) is 39.2 Å². The standard InChI is InChI=1S/C12H17N3/c1-4-12(3,5-2)10-6-7-15-11(8-10)9-13-14-15/h6-9H,4-5H2,1-3H3. The van der Waals surface area contributed by atoms with Gasteiger partial charge in [-0.1, -0.05) is 26.0 Å². The normalized spacial score (nSPS) is 12.2. The van der Waals surface area contributed by atoms with Gasteiger partial charge in [0.2, 0.25) is 0 Å². The van der Waals surface area contributed by atoms with Gasteiger partial charge in [0, 0.05) is 6.20 Å². The van der Waals surface area contributed by atoms with Gasteiger partial charge in [0.25, 0.3) is 0 Å². The first kappa shape index (κ1) is 10.1. The Kier molecular flexibility index (Phi) is 2.47. The van der Waals surface area contributed by atoms with E-state index in [1.54, 1.807) is 10.7 Å². The number of aromatic nitrogens is 3. The van der Waals surface area contributed by atoms with Crippen molar-refractivity contribution in [2.45, 2.75) is 39.0 Å². The van der Waals surface area contributed by atoms with E-state index >= 15 is 0 Å². The van der Waals surface area contributed by atoms with Crippen LogP contribution in [0.2, 0.25) is 0 Å². The topological polar surface area (TPSA) is 30.2 Å². The molecule has 0 N–H and O–H groups in total. The number of pyridine rings is 1. The van der Waals surface area contributed by atoms with Crippen LogP contribution >= 0.6 is 0 Å². The second-order valence-corrected chi connectivity index (χ2v) is 4.29. The Balaban J connectivity index is 2.51. The van der Waals surface area contributed by atoms with E-state index < -0.39 is 0 Å². The Labute approximate surface area is 90.1 Å². The maximum atomic E-state index is 3.96. The van der Waals surface area contributed by atoms with E-state index in [2.05, 4.69) is 43.2 Å². The lowest BCUT2D eigenvalue weighted by atomic mass is 9.78. The summed E-state index contributed by atoms with van der Waals surface area (Å²) in [6, 6.07) is 4.34. The van der Waals surface area contributed by atoms with Crippen molar-refractivity contribution >= 4 is 5.52 Å². The van der Waals surface area contributed by atoms with E-state index in [1.807, 2.05) is 6.20 Å². The zero-order valence-electron chi connectivity index (χ0n) is 9.57. The minimum Gasteiger partial charge on any atom is -0.221 e. The lowest BCUT2D eigenvalue weighted by molar-refractivity contribution is 0.438. The zero-order chi connectivity index (χ0) is 10.9. The first-order valence-electron chi connectivity index (χ1n) is 5.50. The molecule has 0 saturated heterocycles. The number of hydrogen-bond donors (Lipinski definition) is 0. The van der Waals surface area contributed by atoms with Crippen molar-refractivity contribution in [3.8, 4) is 0 Å². The second kappa shape index (κ2) is 3.65. The van der Waals surface area contributed by atoms with Crippen LogP contribution in [-0.2, 0) is 5.41 Å². The average molecular weight is 203 g/mol. The Bertz CT molecular complexity index is 455. The van der Waals surface area contributed by atoms with Crippen LogP contribution in [0.3, 0.4) is 0 Å². The SMILES string of the molecule is CCC(C)(CC)c1ccn2nncc2c1. The fourth-order valence-electron chi connectivity index (χ4n) is 1.86. The third-order valence-corrected chi connectivity index (χ3v) is 3.56. The molecule has 0 amide bonds. The Morgan fingerprint density at radius 1 is 1.33 bits per heavy atom. The summed E-state index contributed by atoms with van der Waals surface area (Å²) in [5.41, 5.74) is 2.72. The summed E-state index contributed by atoms with van der Waals surface area (Å²) in [7, 11) is 0. The van der Waals surface area contributed by atoms with Gasteiger partial charge < -0.3 is 0 Å². The lowest BCUT2D eigenvalue weighted by Crippen LogP contribution is -2.19. The van der Waals surface area contributed by atoms with E-state index in [0.717, 1.165) is 18.4 Å². The van der Waals surface area contributed by atoms with Crippen molar-refractivity contribution in [2.75, 3.05) is 0 Å². The van der Waals surface area contributed by atoms with E-state index in [0.29, 0.717) is 0 Å². The molecule has 3 heteroatoms. The van der Waals surface area contributed by atoms with Crippen molar-refractivity contribution in [1.29, 1.82) is 0 Å². The lowest BCUT2D eigenvalue weighted by Gasteiger charge is -2.27. The monoisotopic (exact) mass is 203 g/mol. The highest BCUT2D eigenvalue weighted by molar-refractivity contribution is 5.47. The molecule has 3 nitrogen and oxygen atoms in total. The van der Waals surface area contributed by atoms with Crippen LogP contribution in [0.4, 0.5) is 0 Å². The predicted octanol–water partition coefficient (Wildman–Crippen LogP) is 2.81. The molecular formula is C12H17N3. The van der Waals surface area contributed by atoms with Crippen molar-refractivity contribution in [3.63, 3.8) is 0 Å². The zero-order valence-corrected chi connectivity index (χ0v) is 9.57. The van der Waals surface area contributed by atoms with E-state index in [-0.39, 0.29) is 5.41 Å². The highest BCUT2D eigenvalue weighted by Gasteiger charge is 2.22. The van der Waals surface area contributed by atoms with Crippen LogP contribution < -0.4 is 0 Å². The molecule has 2 heterocycles. The minimum absolute atomic E-state index is 0.270. The summed E-state index contributed by atoms with van der Waals surface area (Å²) in [5, 5.41) is 7.85. The molecule has 0 unspecified atom stereocenters. The molecule has 0 aliphatic carbocycles. The third kappa shape index (κ3) is 1.62. The first-order valence-corrected chi connectivity index (χ1v) is 5.50. The predicted molar refractivity (Wildman–Crippen MR) is 60.9 cm³/mol. The van der Waals surface area contributed by atoms with Gasteiger partial charge in [0.15, 0.2) is 0 Å². The van der Waals surface area contributed by atoms with Crippen molar-refractivity contribution in [2.24, 2.45) is 0 Å². The van der Waals surface area contributed by atoms with Crippen LogP contribution in [0.5, 0.6) is 0 Å². The summed E-state index contributed by atoms with van der Waals surface area (Å²) in [4.78, 5) is 0. The maximum Gasteiger partial charge on any atom is 0.0867 e. The van der Waals surface area contributed by atoms with Crippen molar-refractivity contribution in [1.82, 2.24) is 14.8 Å². The van der Waals surface area contributed by atoms with Gasteiger partial charge in [-0.3, -0.25) is 0 Å². The molecule has 0 spiro atoms. The van der Waals surface area contributed by atoms with Crippen LogP contribution in [0.25, 0.3) is 5.52 Å². The molecule has 2 rings (SSSR count). The Morgan fingerprint density at radius 3 is 2.73 bits per heavy atom. The molecule has 2 aromatic rings. The molecular weight excluding hydrogens is 186 g/mol. The Hall–Kier alpha value is -1.38. The minimum atomic E-state index is 0.270. The maximum absolute atomic E-state index is 3.96. The summed E-state index contributed by atoms with van der Waals surface area (Å²) in [5.74, 6) is 0. The highest BCUT2D eigenvalue weighted by Crippen LogP contribution is 2.31. The van der Waals surface area contributed by atoms with Crippen molar-refractivity contribution in [3.05, 3.63) is 30.1 Å². The first-order chi connectivity index (χ1) is 7.19. The van der Waals surface area contributed by atoms with Gasteiger partial charge in [-0.2, -0.15) is 0 Å². The van der Waals surface area contributed by atoms with Gasteiger partial charge in [-0.15, -0.1) is 5.10 Å². The van der Waals surface area contributed by atoms with Crippen molar-refractivity contribution < 1.29 is 0 Å². The van der Waals surface area contributed by atoms with Crippen LogP contribution in [0, 0.1) is 0 Å². The van der Waals surface area contributed by atoms with Gasteiger partial charge in [-0.05, 0) is 36.0 Å². The molecule has 80 valence electrons. The number of rotatable bonds is 3. The summed E-state index contributed by atoms with van der Waals surface area (Å²) in [6.45, 7) is 6.79. The number of nitrogens with zero attached hydrogens (tertiary/aromatic N) is 3. The van der Waals surface area contributed by atoms with E-state index in [9.17, 15) is 0 Å². The molecule has 2 aromatic heterocycles. The molecule has 0 bridgehead atoms. The van der Waals surface area contributed by atoms with E-state index in [1.165, 1.54) is 5.56 Å². The fraction of sp³-hybridized carbons (Fsp3) is 0.500. The van der Waals surface area contributed by atoms with E-state index in [4.69, 9.17) is 0 Å². The van der Waals surface area contributed by atoms with Gasteiger partial charge in [-0.25, -0.2) is 4.52 Å². The molecule has 0 aromatic carbocycles. The largest absolute Gasteiger partial charge is 0.221 e. The van der Waals surface area contributed by atoms with Crippen LogP contribution in [-0.4, -0.2) is 14.8 Å². The summed E-state index contributed by atoms with van der Waals surface area (Å²) in [6.07, 6.45) is 6.10. The number of fused-ring (bicyclic) bond motifs is 1. The molecule has 0 saturated carbocycles. The third-order valence-electron chi connectivity index (χ3n) is 3.56. The molecule has 0 aliphatic rings. The smallest absolute Gasteiger partial charge is 0.0867 e.